The minimum absolute atomic E-state index is 0.165. The Labute approximate surface area is 268 Å². The molecule has 0 fully saturated rings. The number of aromatic nitrogens is 2. The van der Waals surface area contributed by atoms with E-state index in [1.165, 1.54) is 16.7 Å². The third-order valence-electron chi connectivity index (χ3n) is 8.68. The van der Waals surface area contributed by atoms with E-state index in [-0.39, 0.29) is 12.3 Å². The zero-order chi connectivity index (χ0) is 30.9. The van der Waals surface area contributed by atoms with Crippen molar-refractivity contribution >= 4 is 16.9 Å². The Balaban J connectivity index is 1.18. The SMILES string of the molecule is Cc1nc2ccccc2n1-c1ccc(-c2ccccc2-c2ccccc2C2NC(c3ccccc3)=NC(c3ccccc3)N2)cc1. The summed E-state index contributed by atoms with van der Waals surface area (Å²) >= 11 is 0. The molecule has 5 nitrogen and oxygen atoms in total. The summed E-state index contributed by atoms with van der Waals surface area (Å²) in [5, 5.41) is 7.52. The Bertz CT molecular complexity index is 2170. The highest BCUT2D eigenvalue weighted by atomic mass is 15.3. The van der Waals surface area contributed by atoms with Crippen molar-refractivity contribution in [3.63, 3.8) is 0 Å². The first kappa shape index (κ1) is 27.7. The Morgan fingerprint density at radius 3 is 1.98 bits per heavy atom. The Morgan fingerprint density at radius 1 is 0.565 bits per heavy atom. The Hall–Kier alpha value is -5.78. The van der Waals surface area contributed by atoms with Gasteiger partial charge in [-0.25, -0.2) is 9.98 Å². The van der Waals surface area contributed by atoms with Crippen LogP contribution in [0, 0.1) is 6.92 Å². The molecule has 2 unspecified atom stereocenters. The molecule has 8 rings (SSSR count). The van der Waals surface area contributed by atoms with Gasteiger partial charge in [0.05, 0.1) is 11.0 Å². The number of amidine groups is 1. The highest BCUT2D eigenvalue weighted by molar-refractivity contribution is 5.99. The van der Waals surface area contributed by atoms with E-state index in [9.17, 15) is 0 Å². The van der Waals surface area contributed by atoms with E-state index in [1.807, 2.05) is 18.2 Å². The standard InChI is InChI=1S/C41H33N5/c1-28-42-37-22-12-13-23-38(37)46(28)32-26-24-29(25-27-32)33-18-8-9-19-34(33)35-20-10-11-21-36(35)41-44-39(30-14-4-2-5-15-30)43-40(45-41)31-16-6-3-7-17-31/h2-27,39,41,44H,1H3,(H,43,45). The van der Waals surface area contributed by atoms with Gasteiger partial charge in [-0.15, -0.1) is 0 Å². The molecule has 1 aliphatic heterocycles. The van der Waals surface area contributed by atoms with Crippen LogP contribution < -0.4 is 10.6 Å². The zero-order valence-electron chi connectivity index (χ0n) is 25.5. The molecule has 2 atom stereocenters. The molecule has 5 heteroatoms. The van der Waals surface area contributed by atoms with Gasteiger partial charge in [0.2, 0.25) is 0 Å². The largest absolute Gasteiger partial charge is 0.350 e. The molecule has 1 aliphatic rings. The number of nitrogens with zero attached hydrogens (tertiary/aromatic N) is 3. The van der Waals surface area contributed by atoms with Crippen LogP contribution >= 0.6 is 0 Å². The van der Waals surface area contributed by atoms with Crippen molar-refractivity contribution < 1.29 is 0 Å². The third kappa shape index (κ3) is 5.17. The molecule has 0 saturated carbocycles. The van der Waals surface area contributed by atoms with E-state index in [1.54, 1.807) is 0 Å². The van der Waals surface area contributed by atoms with Crippen molar-refractivity contribution in [2.24, 2.45) is 4.99 Å². The smallest absolute Gasteiger partial charge is 0.131 e. The van der Waals surface area contributed by atoms with Crippen LogP contribution in [0.1, 0.15) is 34.8 Å². The summed E-state index contributed by atoms with van der Waals surface area (Å²) in [6.45, 7) is 2.06. The van der Waals surface area contributed by atoms with Crippen LogP contribution in [0.25, 0.3) is 39.0 Å². The summed E-state index contributed by atoms with van der Waals surface area (Å²) in [7, 11) is 0. The second kappa shape index (κ2) is 12.0. The quantitative estimate of drug-likeness (QED) is 0.202. The molecule has 0 saturated heterocycles. The lowest BCUT2D eigenvalue weighted by Gasteiger charge is -2.33. The van der Waals surface area contributed by atoms with Gasteiger partial charge in [0.25, 0.3) is 0 Å². The van der Waals surface area contributed by atoms with Crippen LogP contribution in [0.4, 0.5) is 0 Å². The Kier molecular flexibility index (Phi) is 7.21. The summed E-state index contributed by atoms with van der Waals surface area (Å²) in [5.74, 6) is 1.85. The number of imidazole rings is 1. The van der Waals surface area contributed by atoms with Crippen molar-refractivity contribution in [1.82, 2.24) is 20.2 Å². The summed E-state index contributed by atoms with van der Waals surface area (Å²) in [4.78, 5) is 9.88. The summed E-state index contributed by atoms with van der Waals surface area (Å²) in [6, 6.07) is 55.2. The van der Waals surface area contributed by atoms with Gasteiger partial charge in [0, 0.05) is 11.3 Å². The molecule has 2 heterocycles. The van der Waals surface area contributed by atoms with Gasteiger partial charge in [0.15, 0.2) is 0 Å². The maximum Gasteiger partial charge on any atom is 0.131 e. The van der Waals surface area contributed by atoms with Gasteiger partial charge in [-0.1, -0.05) is 133 Å². The predicted octanol–water partition coefficient (Wildman–Crippen LogP) is 9.00. The van der Waals surface area contributed by atoms with E-state index in [4.69, 9.17) is 9.98 Å². The molecule has 222 valence electrons. The number of hydrogen-bond donors (Lipinski definition) is 2. The van der Waals surface area contributed by atoms with Crippen LogP contribution in [0.3, 0.4) is 0 Å². The maximum atomic E-state index is 5.11. The molecular formula is C41H33N5. The highest BCUT2D eigenvalue weighted by Crippen LogP contribution is 2.37. The molecule has 46 heavy (non-hydrogen) atoms. The zero-order valence-corrected chi connectivity index (χ0v) is 25.5. The predicted molar refractivity (Wildman–Crippen MR) is 188 cm³/mol. The second-order valence-corrected chi connectivity index (χ2v) is 11.6. The first-order valence-electron chi connectivity index (χ1n) is 15.7. The Morgan fingerprint density at radius 2 is 1.20 bits per heavy atom. The van der Waals surface area contributed by atoms with E-state index in [2.05, 4.69) is 162 Å². The van der Waals surface area contributed by atoms with E-state index in [0.29, 0.717) is 0 Å². The van der Waals surface area contributed by atoms with Crippen LogP contribution in [0.5, 0.6) is 0 Å². The first-order valence-corrected chi connectivity index (χ1v) is 15.7. The van der Waals surface area contributed by atoms with Gasteiger partial charge < -0.3 is 5.32 Å². The lowest BCUT2D eigenvalue weighted by atomic mass is 9.90. The highest BCUT2D eigenvalue weighted by Gasteiger charge is 2.27. The third-order valence-corrected chi connectivity index (χ3v) is 8.68. The van der Waals surface area contributed by atoms with Gasteiger partial charge in [0.1, 0.15) is 24.0 Å². The number of hydrogen-bond acceptors (Lipinski definition) is 4. The van der Waals surface area contributed by atoms with E-state index >= 15 is 0 Å². The second-order valence-electron chi connectivity index (χ2n) is 11.6. The average molecular weight is 596 g/mol. The number of rotatable bonds is 6. The van der Waals surface area contributed by atoms with Crippen LogP contribution in [-0.2, 0) is 0 Å². The minimum Gasteiger partial charge on any atom is -0.350 e. The van der Waals surface area contributed by atoms with Crippen LogP contribution in [0.2, 0.25) is 0 Å². The van der Waals surface area contributed by atoms with Crippen molar-refractivity contribution in [1.29, 1.82) is 0 Å². The molecule has 0 aliphatic carbocycles. The summed E-state index contributed by atoms with van der Waals surface area (Å²) in [5.41, 5.74) is 11.3. The first-order chi connectivity index (χ1) is 22.7. The number of benzene rings is 6. The van der Waals surface area contributed by atoms with Gasteiger partial charge in [-0.2, -0.15) is 0 Å². The average Bonchev–Trinajstić information content (AvgIpc) is 3.48. The molecule has 0 bridgehead atoms. The number of fused-ring (bicyclic) bond motifs is 1. The molecule has 0 amide bonds. The van der Waals surface area contributed by atoms with Crippen molar-refractivity contribution in [2.75, 3.05) is 0 Å². The van der Waals surface area contributed by atoms with Crippen LogP contribution in [0.15, 0.2) is 163 Å². The van der Waals surface area contributed by atoms with Gasteiger partial charge in [-0.3, -0.25) is 9.88 Å². The maximum absolute atomic E-state index is 5.11. The molecule has 2 N–H and O–H groups in total. The lowest BCUT2D eigenvalue weighted by Crippen LogP contribution is -2.45. The normalized spacial score (nSPS) is 16.2. The molecule has 6 aromatic carbocycles. The van der Waals surface area contributed by atoms with Crippen molar-refractivity contribution in [3.8, 4) is 27.9 Å². The molecular weight excluding hydrogens is 562 g/mol. The van der Waals surface area contributed by atoms with E-state index in [0.717, 1.165) is 50.6 Å². The fraction of sp³-hybridized carbons (Fsp3) is 0.0732. The molecule has 0 spiro atoms. The monoisotopic (exact) mass is 595 g/mol. The summed E-state index contributed by atoms with van der Waals surface area (Å²) < 4.78 is 2.22. The van der Waals surface area contributed by atoms with Crippen molar-refractivity contribution in [3.05, 3.63) is 180 Å². The fourth-order valence-electron chi connectivity index (χ4n) is 6.49. The minimum atomic E-state index is -0.193. The van der Waals surface area contributed by atoms with Crippen LogP contribution in [-0.4, -0.2) is 15.4 Å². The molecule has 7 aromatic rings. The van der Waals surface area contributed by atoms with Gasteiger partial charge in [-0.05, 0) is 64.6 Å². The number of aliphatic imine (C=N–C) groups is 1. The summed E-state index contributed by atoms with van der Waals surface area (Å²) in [6.07, 6.45) is -0.358. The molecule has 1 aromatic heterocycles. The topological polar surface area (TPSA) is 54.2 Å². The number of aryl methyl sites for hydroxylation is 1. The van der Waals surface area contributed by atoms with Crippen molar-refractivity contribution in [2.45, 2.75) is 19.3 Å². The number of para-hydroxylation sites is 2. The number of nitrogens with one attached hydrogen (secondary N) is 2. The molecule has 0 radical (unpaired) electrons. The fourth-order valence-corrected chi connectivity index (χ4v) is 6.49. The van der Waals surface area contributed by atoms with E-state index < -0.39 is 0 Å². The lowest BCUT2D eigenvalue weighted by molar-refractivity contribution is 0.409. The van der Waals surface area contributed by atoms with Gasteiger partial charge >= 0.3 is 0 Å².